The first-order valence-corrected chi connectivity index (χ1v) is 10.0. The zero-order valence-corrected chi connectivity index (χ0v) is 17.5. The monoisotopic (exact) mass is 392 g/mol. The van der Waals surface area contributed by atoms with E-state index in [0.717, 1.165) is 34.3 Å². The number of carbonyl (C=O) groups is 2. The molecule has 0 radical (unpaired) electrons. The van der Waals surface area contributed by atoms with Crippen LogP contribution in [0.25, 0.3) is 11.0 Å². The summed E-state index contributed by atoms with van der Waals surface area (Å²) in [4.78, 5) is 29.6. The van der Waals surface area contributed by atoms with Crippen molar-refractivity contribution in [3.8, 4) is 0 Å². The number of carbonyl (C=O) groups excluding carboxylic acids is 2. The molecule has 0 fully saturated rings. The summed E-state index contributed by atoms with van der Waals surface area (Å²) in [7, 11) is 0. The van der Waals surface area contributed by atoms with Crippen LogP contribution in [-0.2, 0) is 16.1 Å². The fraction of sp³-hybridized carbons (Fsp3) is 0.348. The second-order valence-electron chi connectivity index (χ2n) is 7.45. The van der Waals surface area contributed by atoms with Gasteiger partial charge < -0.3 is 15.2 Å². The molecule has 29 heavy (non-hydrogen) atoms. The number of imidazole rings is 1. The van der Waals surface area contributed by atoms with Crippen molar-refractivity contribution in [1.29, 1.82) is 0 Å². The van der Waals surface area contributed by atoms with Gasteiger partial charge in [0.1, 0.15) is 12.4 Å². The smallest absolute Gasteiger partial charge is 0.244 e. The first-order valence-electron chi connectivity index (χ1n) is 10.0. The Hall–Kier alpha value is -3.15. The minimum Gasteiger partial charge on any atom is -0.346 e. The molecular weight excluding hydrogens is 364 g/mol. The molecule has 0 aliphatic carbocycles. The highest BCUT2D eigenvalue weighted by Gasteiger charge is 2.20. The molecule has 0 bridgehead atoms. The van der Waals surface area contributed by atoms with E-state index in [2.05, 4.69) is 15.6 Å². The van der Waals surface area contributed by atoms with Crippen molar-refractivity contribution in [2.24, 2.45) is 0 Å². The molecule has 2 aromatic carbocycles. The van der Waals surface area contributed by atoms with E-state index < -0.39 is 0 Å². The van der Waals surface area contributed by atoms with Crippen LogP contribution in [0.2, 0.25) is 0 Å². The second kappa shape index (κ2) is 8.90. The lowest BCUT2D eigenvalue weighted by Crippen LogP contribution is -2.29. The highest BCUT2D eigenvalue weighted by Crippen LogP contribution is 2.22. The molecule has 0 aliphatic rings. The maximum absolute atomic E-state index is 12.8. The summed E-state index contributed by atoms with van der Waals surface area (Å²) < 4.78 is 1.88. The number of hydrogen-bond donors (Lipinski definition) is 2. The van der Waals surface area contributed by atoms with E-state index in [1.807, 2.05) is 74.7 Å². The first-order chi connectivity index (χ1) is 13.9. The molecule has 0 spiro atoms. The van der Waals surface area contributed by atoms with Crippen molar-refractivity contribution in [3.63, 3.8) is 0 Å². The van der Waals surface area contributed by atoms with E-state index in [0.29, 0.717) is 12.2 Å². The van der Waals surface area contributed by atoms with Gasteiger partial charge in [-0.3, -0.25) is 9.59 Å². The van der Waals surface area contributed by atoms with Gasteiger partial charge in [0.05, 0.1) is 17.1 Å². The fourth-order valence-corrected chi connectivity index (χ4v) is 3.40. The number of aromatic nitrogens is 2. The third kappa shape index (κ3) is 4.83. The topological polar surface area (TPSA) is 76.0 Å². The lowest BCUT2D eigenvalue weighted by molar-refractivity contribution is -0.121. The highest BCUT2D eigenvalue weighted by atomic mass is 16.2. The molecule has 0 aliphatic heterocycles. The van der Waals surface area contributed by atoms with Crippen molar-refractivity contribution in [2.75, 3.05) is 5.32 Å². The lowest BCUT2D eigenvalue weighted by atomic mass is 10.1. The number of aryl methyl sites for hydroxylation is 2. The Morgan fingerprint density at radius 2 is 1.86 bits per heavy atom. The average Bonchev–Trinajstić information content (AvgIpc) is 3.03. The van der Waals surface area contributed by atoms with Gasteiger partial charge in [0.15, 0.2) is 0 Å². The van der Waals surface area contributed by atoms with Gasteiger partial charge >= 0.3 is 0 Å². The van der Waals surface area contributed by atoms with Crippen molar-refractivity contribution in [3.05, 3.63) is 59.4 Å². The third-order valence-electron chi connectivity index (χ3n) is 4.89. The molecule has 6 heteroatoms. The predicted molar refractivity (Wildman–Crippen MR) is 116 cm³/mol. The van der Waals surface area contributed by atoms with Crippen LogP contribution in [0.1, 0.15) is 49.7 Å². The second-order valence-corrected chi connectivity index (χ2v) is 7.45. The van der Waals surface area contributed by atoms with Crippen LogP contribution in [0.5, 0.6) is 0 Å². The van der Waals surface area contributed by atoms with Gasteiger partial charge in [-0.25, -0.2) is 4.98 Å². The quantitative estimate of drug-likeness (QED) is 0.630. The number of benzene rings is 2. The lowest BCUT2D eigenvalue weighted by Gasteiger charge is -2.17. The normalized spacial score (nSPS) is 12.0. The fourth-order valence-electron chi connectivity index (χ4n) is 3.40. The predicted octanol–water partition coefficient (Wildman–Crippen LogP) is 4.27. The Morgan fingerprint density at radius 3 is 2.62 bits per heavy atom. The molecule has 1 unspecified atom stereocenters. The maximum Gasteiger partial charge on any atom is 0.244 e. The summed E-state index contributed by atoms with van der Waals surface area (Å²) in [5, 5.41) is 5.99. The Morgan fingerprint density at radius 1 is 1.10 bits per heavy atom. The molecule has 0 saturated carbocycles. The standard InChI is InChI=1S/C23H28N4O2/c1-5-8-21(28)24-17(4)23-26-18-9-6-7-10-20(18)27(23)14-22(29)25-19-13-15(2)11-12-16(19)3/h6-7,9-13,17H,5,8,14H2,1-4H3,(H,24,28)(H,25,29). The summed E-state index contributed by atoms with van der Waals surface area (Å²) in [6.07, 6.45) is 1.25. The van der Waals surface area contributed by atoms with E-state index in [9.17, 15) is 9.59 Å². The van der Waals surface area contributed by atoms with Gasteiger partial charge in [-0.1, -0.05) is 31.2 Å². The van der Waals surface area contributed by atoms with Crippen molar-refractivity contribution < 1.29 is 9.59 Å². The van der Waals surface area contributed by atoms with Crippen LogP contribution in [-0.4, -0.2) is 21.4 Å². The average molecular weight is 393 g/mol. The largest absolute Gasteiger partial charge is 0.346 e. The maximum atomic E-state index is 12.8. The van der Waals surface area contributed by atoms with Gasteiger partial charge in [-0.05, 0) is 56.5 Å². The van der Waals surface area contributed by atoms with E-state index in [1.54, 1.807) is 0 Å². The van der Waals surface area contributed by atoms with Crippen LogP contribution in [0.4, 0.5) is 5.69 Å². The minimum atomic E-state index is -0.296. The van der Waals surface area contributed by atoms with E-state index in [-0.39, 0.29) is 24.4 Å². The molecule has 1 atom stereocenters. The zero-order valence-electron chi connectivity index (χ0n) is 17.5. The summed E-state index contributed by atoms with van der Waals surface area (Å²) in [6.45, 7) is 7.96. The molecular formula is C23H28N4O2. The molecule has 152 valence electrons. The van der Waals surface area contributed by atoms with Crippen molar-refractivity contribution in [2.45, 2.75) is 53.1 Å². The minimum absolute atomic E-state index is 0.0153. The Kier molecular flexibility index (Phi) is 6.32. The Balaban J connectivity index is 1.88. The van der Waals surface area contributed by atoms with Crippen LogP contribution in [0.15, 0.2) is 42.5 Å². The summed E-state index contributed by atoms with van der Waals surface area (Å²) in [6, 6.07) is 13.4. The number of nitrogens with zero attached hydrogens (tertiary/aromatic N) is 2. The van der Waals surface area contributed by atoms with Crippen molar-refractivity contribution in [1.82, 2.24) is 14.9 Å². The Labute approximate surface area is 171 Å². The molecule has 6 nitrogen and oxygen atoms in total. The van der Waals surface area contributed by atoms with E-state index in [1.165, 1.54) is 0 Å². The SMILES string of the molecule is CCCC(=O)NC(C)c1nc2ccccc2n1CC(=O)Nc1cc(C)ccc1C. The summed E-state index contributed by atoms with van der Waals surface area (Å²) >= 11 is 0. The number of hydrogen-bond acceptors (Lipinski definition) is 3. The zero-order chi connectivity index (χ0) is 21.0. The molecule has 3 rings (SSSR count). The van der Waals surface area contributed by atoms with Gasteiger partial charge in [0.25, 0.3) is 0 Å². The molecule has 2 amide bonds. The molecule has 1 heterocycles. The first kappa shape index (κ1) is 20.6. The van der Waals surface area contributed by atoms with Gasteiger partial charge in [-0.2, -0.15) is 0 Å². The van der Waals surface area contributed by atoms with Crippen LogP contribution >= 0.6 is 0 Å². The molecule has 0 saturated heterocycles. The van der Waals surface area contributed by atoms with E-state index in [4.69, 9.17) is 0 Å². The molecule has 1 aromatic heterocycles. The number of nitrogens with one attached hydrogen (secondary N) is 2. The van der Waals surface area contributed by atoms with Crippen molar-refractivity contribution >= 4 is 28.5 Å². The van der Waals surface area contributed by atoms with E-state index >= 15 is 0 Å². The molecule has 3 aromatic rings. The van der Waals surface area contributed by atoms with Crippen LogP contribution in [0.3, 0.4) is 0 Å². The third-order valence-corrected chi connectivity index (χ3v) is 4.89. The highest BCUT2D eigenvalue weighted by molar-refractivity contribution is 5.92. The van der Waals surface area contributed by atoms with Gasteiger partial charge in [0.2, 0.25) is 11.8 Å². The number of rotatable bonds is 7. The summed E-state index contributed by atoms with van der Waals surface area (Å²) in [5.74, 6) is 0.528. The van der Waals surface area contributed by atoms with Gasteiger partial charge in [-0.15, -0.1) is 0 Å². The van der Waals surface area contributed by atoms with Crippen LogP contribution in [0, 0.1) is 13.8 Å². The van der Waals surface area contributed by atoms with Crippen LogP contribution < -0.4 is 10.6 Å². The van der Waals surface area contributed by atoms with Gasteiger partial charge in [0, 0.05) is 12.1 Å². The summed E-state index contributed by atoms with van der Waals surface area (Å²) in [5.41, 5.74) is 4.59. The molecule has 2 N–H and O–H groups in total. The number of amides is 2. The number of para-hydroxylation sites is 2. The number of fused-ring (bicyclic) bond motifs is 1. The number of anilines is 1. The Bertz CT molecular complexity index is 1040.